The van der Waals surface area contributed by atoms with Crippen molar-refractivity contribution in [1.29, 1.82) is 0 Å². The molecular weight excluding hydrogens is 248 g/mol. The predicted octanol–water partition coefficient (Wildman–Crippen LogP) is 2.47. The third kappa shape index (κ3) is 3.52. The van der Waals surface area contributed by atoms with Crippen LogP contribution in [0.25, 0.3) is 0 Å². The fourth-order valence-electron chi connectivity index (χ4n) is 0.773. The normalized spacial score (nSPS) is 8.58. The van der Waals surface area contributed by atoms with Crippen molar-refractivity contribution in [2.45, 2.75) is 0 Å². The smallest absolute Gasteiger partial charge is 0.123 e. The van der Waals surface area contributed by atoms with Crippen molar-refractivity contribution in [3.05, 3.63) is 22.7 Å². The van der Waals surface area contributed by atoms with Gasteiger partial charge in [0.2, 0.25) is 0 Å². The summed E-state index contributed by atoms with van der Waals surface area (Å²) < 4.78 is 11.0. The molecule has 0 unspecified atom stereocenters. The summed E-state index contributed by atoms with van der Waals surface area (Å²) in [6.07, 6.45) is 0. The molecule has 0 amide bonds. The van der Waals surface area contributed by atoms with Crippen LogP contribution in [0.4, 0.5) is 0 Å². The minimum absolute atomic E-state index is 0. The van der Waals surface area contributed by atoms with E-state index in [1.54, 1.807) is 14.2 Å². The first-order valence-electron chi connectivity index (χ1n) is 3.15. The molecule has 2 nitrogen and oxygen atoms in total. The van der Waals surface area contributed by atoms with Gasteiger partial charge in [0.15, 0.2) is 0 Å². The van der Waals surface area contributed by atoms with Crippen LogP contribution in [-0.2, 0) is 0 Å². The van der Waals surface area contributed by atoms with Crippen LogP contribution in [0.2, 0.25) is 0 Å². The van der Waals surface area contributed by atoms with E-state index in [0.717, 1.165) is 16.0 Å². The van der Waals surface area contributed by atoms with Gasteiger partial charge in [-0.1, -0.05) is 15.9 Å². The second-order valence-corrected chi connectivity index (χ2v) is 2.95. The van der Waals surface area contributed by atoms with Gasteiger partial charge >= 0.3 is 0 Å². The van der Waals surface area contributed by atoms with E-state index < -0.39 is 0 Å². The molecule has 1 rings (SSSR count). The number of benzene rings is 1. The van der Waals surface area contributed by atoms with Crippen LogP contribution in [-0.4, -0.2) is 14.2 Å². The maximum atomic E-state index is 5.03. The molecule has 0 aromatic heterocycles. The van der Waals surface area contributed by atoms with E-state index in [1.165, 1.54) is 0 Å². The van der Waals surface area contributed by atoms with Crippen LogP contribution < -0.4 is 9.47 Å². The summed E-state index contributed by atoms with van der Waals surface area (Å²) in [6, 6.07) is 5.58. The number of ether oxygens (including phenoxy) is 2. The fourth-order valence-corrected chi connectivity index (χ4v) is 1.22. The van der Waals surface area contributed by atoms with Crippen molar-refractivity contribution < 1.29 is 47.2 Å². The molecule has 0 aliphatic rings. The molecule has 0 aliphatic heterocycles. The van der Waals surface area contributed by atoms with Crippen LogP contribution in [0.15, 0.2) is 22.7 Å². The van der Waals surface area contributed by atoms with Gasteiger partial charge in [-0.15, -0.1) is 0 Å². The van der Waals surface area contributed by atoms with E-state index in [0.29, 0.717) is 0 Å². The summed E-state index contributed by atoms with van der Waals surface area (Å²) in [5.41, 5.74) is 0. The van der Waals surface area contributed by atoms with Gasteiger partial charge in [-0.2, -0.15) is 0 Å². The van der Waals surface area contributed by atoms with E-state index in [2.05, 4.69) is 15.9 Å². The quantitative estimate of drug-likeness (QED) is 0.810. The van der Waals surface area contributed by atoms with E-state index in [-0.39, 0.29) is 37.7 Å². The van der Waals surface area contributed by atoms with Crippen LogP contribution in [0, 0.1) is 37.7 Å². The Morgan fingerprint density at radius 1 is 1.00 bits per heavy atom. The summed E-state index contributed by atoms with van der Waals surface area (Å²) in [4.78, 5) is 0. The standard InChI is InChI=1S/C8H9BrO2.Ar/c1-10-7-3-6(9)4-8(5-7)11-2;/h3-5H,1-2H3;. The first-order valence-corrected chi connectivity index (χ1v) is 3.94. The Morgan fingerprint density at radius 2 is 1.42 bits per heavy atom. The molecule has 1 aromatic carbocycles. The summed E-state index contributed by atoms with van der Waals surface area (Å²) in [6.45, 7) is 0. The zero-order valence-electron chi connectivity index (χ0n) is 6.78. The molecule has 0 radical (unpaired) electrons. The molecule has 0 aliphatic carbocycles. The number of rotatable bonds is 2. The molecule has 0 fully saturated rings. The van der Waals surface area contributed by atoms with Crippen molar-refractivity contribution in [3.8, 4) is 11.5 Å². The van der Waals surface area contributed by atoms with E-state index in [9.17, 15) is 0 Å². The number of hydrogen-bond acceptors (Lipinski definition) is 2. The average molecular weight is 257 g/mol. The Bertz CT molecular complexity index is 231. The zero-order valence-corrected chi connectivity index (χ0v) is 9.07. The van der Waals surface area contributed by atoms with Gasteiger partial charge in [-0.25, -0.2) is 0 Å². The van der Waals surface area contributed by atoms with Crippen LogP contribution in [0.5, 0.6) is 11.5 Å². The second kappa shape index (κ2) is 6.08. The molecule has 1 aromatic rings. The third-order valence-corrected chi connectivity index (χ3v) is 1.77. The minimum atomic E-state index is 0. The largest absolute Gasteiger partial charge is 0.497 e. The Hall–Kier alpha value is 0.560. The second-order valence-electron chi connectivity index (χ2n) is 2.03. The number of hydrogen-bond donors (Lipinski definition) is 0. The first-order chi connectivity index (χ1) is 5.26. The van der Waals surface area contributed by atoms with Gasteiger partial charge in [0, 0.05) is 48.3 Å². The molecule has 68 valence electrons. The van der Waals surface area contributed by atoms with Crippen molar-refractivity contribution in [3.63, 3.8) is 0 Å². The number of methoxy groups -OCH3 is 2. The molecule has 12 heavy (non-hydrogen) atoms. The van der Waals surface area contributed by atoms with Gasteiger partial charge in [0.05, 0.1) is 14.2 Å². The van der Waals surface area contributed by atoms with E-state index in [1.807, 2.05) is 18.2 Å². The van der Waals surface area contributed by atoms with E-state index in [4.69, 9.17) is 9.47 Å². The van der Waals surface area contributed by atoms with Crippen molar-refractivity contribution in [2.75, 3.05) is 14.2 Å². The summed E-state index contributed by atoms with van der Waals surface area (Å²) >= 11 is 3.33. The van der Waals surface area contributed by atoms with Gasteiger partial charge in [-0.3, -0.25) is 0 Å². The maximum Gasteiger partial charge on any atom is 0.123 e. The summed E-state index contributed by atoms with van der Waals surface area (Å²) in [7, 11) is 3.25. The molecule has 4 heteroatoms. The summed E-state index contributed by atoms with van der Waals surface area (Å²) in [5, 5.41) is 0. The molecular formula is C8H9ArBrO2. The maximum absolute atomic E-state index is 5.03. The predicted molar refractivity (Wildman–Crippen MR) is 47.2 cm³/mol. The molecule has 0 saturated heterocycles. The molecule has 0 atom stereocenters. The first kappa shape index (κ1) is 12.6. The molecule has 0 bridgehead atoms. The minimum Gasteiger partial charge on any atom is -0.497 e. The van der Waals surface area contributed by atoms with Crippen LogP contribution >= 0.6 is 15.9 Å². The fraction of sp³-hybridized carbons (Fsp3) is 0.250. The van der Waals surface area contributed by atoms with Gasteiger partial charge in [0.25, 0.3) is 0 Å². The molecule has 0 heterocycles. The number of halogens is 1. The Morgan fingerprint density at radius 3 is 1.75 bits per heavy atom. The van der Waals surface area contributed by atoms with Gasteiger partial charge in [-0.05, 0) is 12.1 Å². The Labute approximate surface area is 110 Å². The molecule has 0 saturated carbocycles. The Balaban J connectivity index is 0.00000121. The SMILES string of the molecule is COc1cc(Br)cc(OC)c1.[Ar]. The van der Waals surface area contributed by atoms with Crippen molar-refractivity contribution in [2.24, 2.45) is 0 Å². The van der Waals surface area contributed by atoms with Crippen molar-refractivity contribution in [1.82, 2.24) is 0 Å². The van der Waals surface area contributed by atoms with E-state index >= 15 is 0 Å². The van der Waals surface area contributed by atoms with Crippen LogP contribution in [0.1, 0.15) is 0 Å². The molecule has 0 N–H and O–H groups in total. The average Bonchev–Trinajstić information content (AvgIpc) is 2.03. The Kier molecular flexibility index (Phi) is 6.36. The van der Waals surface area contributed by atoms with Gasteiger partial charge in [0.1, 0.15) is 11.5 Å². The van der Waals surface area contributed by atoms with Gasteiger partial charge < -0.3 is 9.47 Å². The van der Waals surface area contributed by atoms with Crippen molar-refractivity contribution >= 4 is 15.9 Å². The topological polar surface area (TPSA) is 18.5 Å². The summed E-state index contributed by atoms with van der Waals surface area (Å²) in [5.74, 6) is 1.58. The zero-order chi connectivity index (χ0) is 8.27. The third-order valence-electron chi connectivity index (χ3n) is 1.32. The monoisotopic (exact) mass is 256 g/mol. The van der Waals surface area contributed by atoms with Crippen LogP contribution in [0.3, 0.4) is 0 Å². The molecule has 0 spiro atoms.